The molecule has 0 spiro atoms. The summed E-state index contributed by atoms with van der Waals surface area (Å²) in [7, 11) is 3.35. The first kappa shape index (κ1) is 19.3. The number of amides is 2. The summed E-state index contributed by atoms with van der Waals surface area (Å²) in [6.45, 7) is 3.16. The molecule has 2 rings (SSSR count). The number of hydrogen-bond donors (Lipinski definition) is 2. The van der Waals surface area contributed by atoms with E-state index >= 15 is 0 Å². The quantitative estimate of drug-likeness (QED) is 0.774. The number of benzene rings is 2. The van der Waals surface area contributed by atoms with E-state index < -0.39 is 6.09 Å². The molecule has 2 aromatic rings. The minimum atomic E-state index is -0.536. The number of methoxy groups -OCH3 is 1. The van der Waals surface area contributed by atoms with Crippen LogP contribution in [0.3, 0.4) is 0 Å². The number of nitrogens with one attached hydrogen (secondary N) is 2. The largest absolute Gasteiger partial charge is 0.453 e. The fourth-order valence-electron chi connectivity index (χ4n) is 2.40. The Labute approximate surface area is 154 Å². The van der Waals surface area contributed by atoms with Crippen molar-refractivity contribution < 1.29 is 14.3 Å². The van der Waals surface area contributed by atoms with E-state index in [-0.39, 0.29) is 5.91 Å². The average Bonchev–Trinajstić information content (AvgIpc) is 2.67. The van der Waals surface area contributed by atoms with Gasteiger partial charge in [-0.05, 0) is 55.0 Å². The summed E-state index contributed by atoms with van der Waals surface area (Å²) in [5.74, 6) is -0.179. The first-order valence-corrected chi connectivity index (χ1v) is 8.61. The molecule has 2 amide bonds. The Morgan fingerprint density at radius 1 is 0.962 bits per heavy atom. The van der Waals surface area contributed by atoms with E-state index in [1.807, 2.05) is 24.3 Å². The molecule has 6 nitrogen and oxygen atoms in total. The lowest BCUT2D eigenvalue weighted by Crippen LogP contribution is -2.18. The second kappa shape index (κ2) is 9.46. The summed E-state index contributed by atoms with van der Waals surface area (Å²) < 4.78 is 4.53. The van der Waals surface area contributed by atoms with Crippen molar-refractivity contribution in [1.29, 1.82) is 0 Å². The van der Waals surface area contributed by atoms with E-state index in [4.69, 9.17) is 0 Å². The molecule has 0 unspecified atom stereocenters. The number of carbonyl (C=O) groups excluding carboxylic acids is 2. The van der Waals surface area contributed by atoms with Crippen LogP contribution in [-0.2, 0) is 4.74 Å². The Bertz CT molecular complexity index is 727. The fraction of sp³-hybridized carbons (Fsp3) is 0.300. The van der Waals surface area contributed by atoms with Crippen LogP contribution >= 0.6 is 0 Å². The van der Waals surface area contributed by atoms with Crippen molar-refractivity contribution in [2.75, 3.05) is 36.2 Å². The standard InChI is InChI=1S/C20H25N3O3/c1-4-5-14-23(2)18-12-6-15(7-13-18)19(24)21-16-8-10-17(11-9-16)22-20(25)26-3/h6-13H,4-5,14H2,1-3H3,(H,21,24)(H,22,25). The molecule has 6 heteroatoms. The molecule has 0 heterocycles. The van der Waals surface area contributed by atoms with Crippen LogP contribution in [0.4, 0.5) is 21.9 Å². The first-order chi connectivity index (χ1) is 12.5. The zero-order chi connectivity index (χ0) is 18.9. The third-order valence-corrected chi connectivity index (χ3v) is 3.99. The van der Waals surface area contributed by atoms with Gasteiger partial charge in [0.1, 0.15) is 0 Å². The third kappa shape index (κ3) is 5.51. The van der Waals surface area contributed by atoms with Crippen molar-refractivity contribution in [3.05, 3.63) is 54.1 Å². The first-order valence-electron chi connectivity index (χ1n) is 8.61. The fourth-order valence-corrected chi connectivity index (χ4v) is 2.40. The molecule has 2 aromatic carbocycles. The number of anilines is 3. The van der Waals surface area contributed by atoms with Crippen molar-refractivity contribution in [1.82, 2.24) is 0 Å². The molecule has 0 bridgehead atoms. The van der Waals surface area contributed by atoms with Gasteiger partial charge in [0.25, 0.3) is 5.91 Å². The number of rotatable bonds is 7. The molecule has 0 saturated carbocycles. The van der Waals surface area contributed by atoms with Crippen LogP contribution in [0.15, 0.2) is 48.5 Å². The molecular formula is C20H25N3O3. The van der Waals surface area contributed by atoms with Crippen molar-refractivity contribution in [3.63, 3.8) is 0 Å². The highest BCUT2D eigenvalue weighted by Gasteiger charge is 2.08. The van der Waals surface area contributed by atoms with Crippen LogP contribution in [0.1, 0.15) is 30.1 Å². The summed E-state index contributed by atoms with van der Waals surface area (Å²) in [6.07, 6.45) is 1.75. The molecule has 0 atom stereocenters. The van der Waals surface area contributed by atoms with Crippen LogP contribution in [0.25, 0.3) is 0 Å². The molecular weight excluding hydrogens is 330 g/mol. The van der Waals surface area contributed by atoms with Gasteiger partial charge in [0.2, 0.25) is 0 Å². The van der Waals surface area contributed by atoms with E-state index in [1.54, 1.807) is 24.3 Å². The van der Waals surface area contributed by atoms with Gasteiger partial charge in [0, 0.05) is 36.2 Å². The third-order valence-electron chi connectivity index (χ3n) is 3.99. The topological polar surface area (TPSA) is 70.7 Å². The predicted molar refractivity (Wildman–Crippen MR) is 105 cm³/mol. The molecule has 0 aromatic heterocycles. The summed E-state index contributed by atoms with van der Waals surface area (Å²) in [5.41, 5.74) is 2.92. The number of carbonyl (C=O) groups is 2. The Balaban J connectivity index is 1.95. The second-order valence-corrected chi connectivity index (χ2v) is 5.97. The molecule has 26 heavy (non-hydrogen) atoms. The normalized spacial score (nSPS) is 10.1. The summed E-state index contributed by atoms with van der Waals surface area (Å²) >= 11 is 0. The van der Waals surface area contributed by atoms with Crippen LogP contribution in [0, 0.1) is 0 Å². The van der Waals surface area contributed by atoms with Gasteiger partial charge in [0.15, 0.2) is 0 Å². The van der Waals surface area contributed by atoms with Gasteiger partial charge in [-0.1, -0.05) is 13.3 Å². The molecule has 2 N–H and O–H groups in total. The molecule has 0 aliphatic heterocycles. The van der Waals surface area contributed by atoms with Crippen LogP contribution in [0.5, 0.6) is 0 Å². The molecule has 138 valence electrons. The number of unbranched alkanes of at least 4 members (excludes halogenated alkanes) is 1. The number of ether oxygens (including phenoxy) is 1. The van der Waals surface area contributed by atoms with Crippen LogP contribution in [0.2, 0.25) is 0 Å². The highest BCUT2D eigenvalue weighted by molar-refractivity contribution is 6.04. The van der Waals surface area contributed by atoms with Gasteiger partial charge in [-0.25, -0.2) is 4.79 Å². The number of nitrogens with zero attached hydrogens (tertiary/aromatic N) is 1. The lowest BCUT2D eigenvalue weighted by atomic mass is 10.1. The zero-order valence-electron chi connectivity index (χ0n) is 15.4. The van der Waals surface area contributed by atoms with Crippen LogP contribution < -0.4 is 15.5 Å². The van der Waals surface area contributed by atoms with E-state index in [0.29, 0.717) is 16.9 Å². The van der Waals surface area contributed by atoms with Gasteiger partial charge < -0.3 is 15.0 Å². The van der Waals surface area contributed by atoms with Crippen molar-refractivity contribution in [2.45, 2.75) is 19.8 Å². The van der Waals surface area contributed by atoms with Crippen LogP contribution in [-0.4, -0.2) is 32.7 Å². The van der Waals surface area contributed by atoms with Gasteiger partial charge in [-0.15, -0.1) is 0 Å². The molecule has 0 fully saturated rings. The SMILES string of the molecule is CCCCN(C)c1ccc(C(=O)Nc2ccc(NC(=O)OC)cc2)cc1. The Morgan fingerprint density at radius 3 is 2.08 bits per heavy atom. The summed E-state index contributed by atoms with van der Waals surface area (Å²) in [4.78, 5) is 25.7. The second-order valence-electron chi connectivity index (χ2n) is 5.97. The zero-order valence-corrected chi connectivity index (χ0v) is 15.4. The summed E-state index contributed by atoms with van der Waals surface area (Å²) in [6, 6.07) is 14.4. The van der Waals surface area contributed by atoms with E-state index in [1.165, 1.54) is 7.11 Å². The van der Waals surface area contributed by atoms with E-state index in [0.717, 1.165) is 25.1 Å². The predicted octanol–water partition coefficient (Wildman–Crippen LogP) is 4.35. The maximum absolute atomic E-state index is 12.4. The summed E-state index contributed by atoms with van der Waals surface area (Å²) in [5, 5.41) is 5.40. The van der Waals surface area contributed by atoms with Crippen molar-refractivity contribution in [2.24, 2.45) is 0 Å². The molecule has 0 aliphatic rings. The van der Waals surface area contributed by atoms with Crippen molar-refractivity contribution >= 4 is 29.1 Å². The lowest BCUT2D eigenvalue weighted by molar-refractivity contribution is 0.102. The van der Waals surface area contributed by atoms with Crippen molar-refractivity contribution in [3.8, 4) is 0 Å². The van der Waals surface area contributed by atoms with Gasteiger partial charge in [0.05, 0.1) is 7.11 Å². The van der Waals surface area contributed by atoms with E-state index in [2.05, 4.69) is 34.2 Å². The molecule has 0 aliphatic carbocycles. The van der Waals surface area contributed by atoms with Gasteiger partial charge in [-0.3, -0.25) is 10.1 Å². The maximum Gasteiger partial charge on any atom is 0.411 e. The van der Waals surface area contributed by atoms with E-state index in [9.17, 15) is 9.59 Å². The highest BCUT2D eigenvalue weighted by Crippen LogP contribution is 2.17. The Kier molecular flexibility index (Phi) is 7.02. The molecule has 0 saturated heterocycles. The smallest absolute Gasteiger partial charge is 0.411 e. The monoisotopic (exact) mass is 355 g/mol. The average molecular weight is 355 g/mol. The molecule has 0 radical (unpaired) electrons. The minimum absolute atomic E-state index is 0.179. The van der Waals surface area contributed by atoms with Gasteiger partial charge >= 0.3 is 6.09 Å². The Hall–Kier alpha value is -3.02. The number of hydrogen-bond acceptors (Lipinski definition) is 4. The Morgan fingerprint density at radius 2 is 1.54 bits per heavy atom. The highest BCUT2D eigenvalue weighted by atomic mass is 16.5. The minimum Gasteiger partial charge on any atom is -0.453 e. The van der Waals surface area contributed by atoms with Gasteiger partial charge in [-0.2, -0.15) is 0 Å². The maximum atomic E-state index is 12.4. The lowest BCUT2D eigenvalue weighted by Gasteiger charge is -2.19.